The molecule has 0 amide bonds. The molecule has 0 aliphatic carbocycles. The van der Waals surface area contributed by atoms with Crippen LogP contribution in [0, 0.1) is 5.82 Å². The maximum absolute atomic E-state index is 12.5. The summed E-state index contributed by atoms with van der Waals surface area (Å²) in [5, 5.41) is 8.94. The summed E-state index contributed by atoms with van der Waals surface area (Å²) in [6.45, 7) is 0. The minimum absolute atomic E-state index is 0. The van der Waals surface area contributed by atoms with Crippen molar-refractivity contribution in [2.45, 2.75) is 0 Å². The van der Waals surface area contributed by atoms with Crippen LogP contribution in [0.5, 0.6) is 0 Å². The van der Waals surface area contributed by atoms with Crippen molar-refractivity contribution in [2.24, 2.45) is 0 Å². The van der Waals surface area contributed by atoms with Crippen LogP contribution in [0.2, 0.25) is 0 Å². The van der Waals surface area contributed by atoms with Gasteiger partial charge in [-0.05, 0) is 24.3 Å². The van der Waals surface area contributed by atoms with E-state index in [9.17, 15) is 4.39 Å². The average Bonchev–Trinajstić information content (AvgIpc) is 2.75. The Hall–Kier alpha value is -0.780. The molecule has 0 radical (unpaired) electrons. The molecule has 1 aromatic heterocycles. The van der Waals surface area contributed by atoms with E-state index in [4.69, 9.17) is 5.11 Å². The van der Waals surface area contributed by atoms with Gasteiger partial charge in [-0.1, -0.05) is 0 Å². The second kappa shape index (κ2) is 7.50. The van der Waals surface area contributed by atoms with Gasteiger partial charge in [0, 0.05) is 18.1 Å². The third kappa shape index (κ3) is 4.07. The fourth-order valence-corrected chi connectivity index (χ4v) is 1.54. The summed E-state index contributed by atoms with van der Waals surface area (Å²) in [7, 11) is 1.00. The molecule has 1 N–H and O–H groups in total. The summed E-state index contributed by atoms with van der Waals surface area (Å²) in [5.74, 6) is -0.214. The Balaban J connectivity index is 0.000000617. The van der Waals surface area contributed by atoms with E-state index < -0.39 is 0 Å². The number of thiazole rings is 1. The Bertz CT molecular complexity index is 363. The summed E-state index contributed by atoms with van der Waals surface area (Å²) in [4.78, 5) is 4.11. The van der Waals surface area contributed by atoms with Gasteiger partial charge in [-0.15, -0.1) is 28.3 Å². The molecule has 2 aromatic rings. The Labute approximate surface area is 102 Å². The van der Waals surface area contributed by atoms with Gasteiger partial charge in [-0.25, -0.2) is 9.37 Å². The van der Waals surface area contributed by atoms with Gasteiger partial charge in [0.2, 0.25) is 0 Å². The van der Waals surface area contributed by atoms with Gasteiger partial charge in [0.25, 0.3) is 0 Å². The van der Waals surface area contributed by atoms with E-state index in [-0.39, 0.29) is 22.8 Å². The normalized spacial score (nSPS) is 8.47. The molecule has 0 atom stereocenters. The molecule has 0 bridgehead atoms. The second-order valence-corrected chi connectivity index (χ2v) is 3.10. The molecule has 5 heteroatoms. The minimum atomic E-state index is -0.214. The van der Waals surface area contributed by atoms with Gasteiger partial charge in [0.1, 0.15) is 5.82 Å². The van der Waals surface area contributed by atoms with Gasteiger partial charge in [0.15, 0.2) is 0 Å². The number of aromatic nitrogens is 1. The predicted molar refractivity (Wildman–Crippen MR) is 66.0 cm³/mol. The molecule has 15 heavy (non-hydrogen) atoms. The van der Waals surface area contributed by atoms with E-state index in [1.165, 1.54) is 23.5 Å². The molecule has 1 heterocycles. The van der Waals surface area contributed by atoms with Gasteiger partial charge >= 0.3 is 0 Å². The second-order valence-electron chi connectivity index (χ2n) is 2.38. The van der Waals surface area contributed by atoms with Gasteiger partial charge in [-0.3, -0.25) is 0 Å². The maximum atomic E-state index is 12.5. The Morgan fingerprint density at radius 2 is 1.80 bits per heavy atom. The first-order valence-electron chi connectivity index (χ1n) is 3.95. The van der Waals surface area contributed by atoms with Gasteiger partial charge < -0.3 is 5.11 Å². The summed E-state index contributed by atoms with van der Waals surface area (Å²) >= 11 is 1.53. The molecular formula is C10H11BrFNOS. The Morgan fingerprint density at radius 3 is 2.27 bits per heavy atom. The van der Waals surface area contributed by atoms with Crippen LogP contribution in [0.25, 0.3) is 11.3 Å². The highest BCUT2D eigenvalue weighted by molar-refractivity contribution is 8.93. The first-order valence-corrected chi connectivity index (χ1v) is 4.89. The van der Waals surface area contributed by atoms with Crippen molar-refractivity contribution in [3.8, 4) is 11.3 Å². The summed E-state index contributed by atoms with van der Waals surface area (Å²) in [6, 6.07) is 6.33. The van der Waals surface area contributed by atoms with Crippen molar-refractivity contribution in [1.29, 1.82) is 0 Å². The number of halogens is 2. The van der Waals surface area contributed by atoms with Crippen molar-refractivity contribution in [1.82, 2.24) is 4.98 Å². The smallest absolute Gasteiger partial charge is 0.123 e. The quantitative estimate of drug-likeness (QED) is 0.876. The Kier molecular flexibility index (Phi) is 7.11. The topological polar surface area (TPSA) is 33.1 Å². The van der Waals surface area contributed by atoms with Crippen LogP contribution >= 0.6 is 28.3 Å². The van der Waals surface area contributed by atoms with Crippen LogP contribution in [-0.4, -0.2) is 17.2 Å². The zero-order chi connectivity index (χ0) is 10.4. The van der Waals surface area contributed by atoms with E-state index in [1.807, 2.05) is 5.38 Å². The maximum Gasteiger partial charge on any atom is 0.123 e. The number of benzene rings is 1. The van der Waals surface area contributed by atoms with Crippen LogP contribution in [0.4, 0.5) is 4.39 Å². The van der Waals surface area contributed by atoms with Gasteiger partial charge in [0.05, 0.1) is 11.2 Å². The molecule has 82 valence electrons. The molecular weight excluding hydrogens is 281 g/mol. The molecule has 0 saturated carbocycles. The number of aliphatic hydroxyl groups excluding tert-OH is 1. The van der Waals surface area contributed by atoms with E-state index in [0.717, 1.165) is 18.4 Å². The van der Waals surface area contributed by atoms with Crippen molar-refractivity contribution in [3.63, 3.8) is 0 Å². The van der Waals surface area contributed by atoms with Crippen LogP contribution in [0.15, 0.2) is 35.2 Å². The van der Waals surface area contributed by atoms with Crippen LogP contribution < -0.4 is 0 Å². The molecule has 0 aliphatic heterocycles. The third-order valence-electron chi connectivity index (χ3n) is 1.57. The highest BCUT2D eigenvalue weighted by Crippen LogP contribution is 2.18. The lowest BCUT2D eigenvalue weighted by Gasteiger charge is -1.94. The molecule has 1 aromatic carbocycles. The molecule has 0 aliphatic rings. The lowest BCUT2D eigenvalue weighted by molar-refractivity contribution is 0.399. The predicted octanol–water partition coefficient (Wildman–Crippen LogP) is 3.14. The first kappa shape index (κ1) is 14.2. The monoisotopic (exact) mass is 291 g/mol. The molecule has 2 nitrogen and oxygen atoms in total. The highest BCUT2D eigenvalue weighted by Gasteiger charge is 1.98. The standard InChI is InChI=1S/C9H6FNS.CH4O.BrH/c10-8-3-1-7(2-4-8)9-5-12-6-11-9;1-2;/h1-6H;2H,1H3;1H. The Morgan fingerprint density at radius 1 is 1.20 bits per heavy atom. The molecule has 0 saturated heterocycles. The molecule has 0 fully saturated rings. The number of hydrogen-bond donors (Lipinski definition) is 1. The van der Waals surface area contributed by atoms with Crippen molar-refractivity contribution >= 4 is 28.3 Å². The summed E-state index contributed by atoms with van der Waals surface area (Å²) in [6.07, 6.45) is 0. The number of aliphatic hydroxyl groups is 1. The average molecular weight is 292 g/mol. The van der Waals surface area contributed by atoms with Crippen molar-refractivity contribution in [3.05, 3.63) is 41.0 Å². The van der Waals surface area contributed by atoms with E-state index in [0.29, 0.717) is 0 Å². The zero-order valence-electron chi connectivity index (χ0n) is 8.05. The van der Waals surface area contributed by atoms with Crippen molar-refractivity contribution in [2.75, 3.05) is 7.11 Å². The van der Waals surface area contributed by atoms with Crippen molar-refractivity contribution < 1.29 is 9.50 Å². The number of rotatable bonds is 1. The van der Waals surface area contributed by atoms with Crippen LogP contribution in [-0.2, 0) is 0 Å². The van der Waals surface area contributed by atoms with Crippen LogP contribution in [0.3, 0.4) is 0 Å². The minimum Gasteiger partial charge on any atom is -0.400 e. The fraction of sp³-hybridized carbons (Fsp3) is 0.100. The van der Waals surface area contributed by atoms with E-state index >= 15 is 0 Å². The fourth-order valence-electron chi connectivity index (χ4n) is 0.976. The lowest BCUT2D eigenvalue weighted by Crippen LogP contribution is -1.77. The highest BCUT2D eigenvalue weighted by atomic mass is 79.9. The van der Waals surface area contributed by atoms with E-state index in [1.54, 1.807) is 17.6 Å². The first-order chi connectivity index (χ1) is 6.86. The largest absolute Gasteiger partial charge is 0.400 e. The SMILES string of the molecule is Br.CO.Fc1ccc(-c2cscn2)cc1. The van der Waals surface area contributed by atoms with E-state index in [2.05, 4.69) is 4.98 Å². The van der Waals surface area contributed by atoms with Crippen LogP contribution in [0.1, 0.15) is 0 Å². The molecule has 0 spiro atoms. The van der Waals surface area contributed by atoms with Gasteiger partial charge in [-0.2, -0.15) is 0 Å². The third-order valence-corrected chi connectivity index (χ3v) is 2.16. The number of hydrogen-bond acceptors (Lipinski definition) is 3. The summed E-state index contributed by atoms with van der Waals surface area (Å²) in [5.41, 5.74) is 3.62. The molecule has 0 unspecified atom stereocenters. The summed E-state index contributed by atoms with van der Waals surface area (Å²) < 4.78 is 12.5. The zero-order valence-corrected chi connectivity index (χ0v) is 10.6. The number of nitrogens with zero attached hydrogens (tertiary/aromatic N) is 1. The lowest BCUT2D eigenvalue weighted by atomic mass is 10.2. The molecule has 2 rings (SSSR count).